The molecule has 2 N–H and O–H groups in total. The average Bonchev–Trinajstić information content (AvgIpc) is 2.64. The van der Waals surface area contributed by atoms with Gasteiger partial charge >= 0.3 is 0 Å². The lowest BCUT2D eigenvalue weighted by molar-refractivity contribution is 0.317. The summed E-state index contributed by atoms with van der Waals surface area (Å²) in [5, 5.41) is 0. The van der Waals surface area contributed by atoms with Crippen molar-refractivity contribution in [2.24, 2.45) is 11.7 Å². The maximum Gasteiger partial charge on any atom is 0.124 e. The molecule has 1 atom stereocenters. The molecule has 1 unspecified atom stereocenters. The van der Waals surface area contributed by atoms with Gasteiger partial charge in [-0.05, 0) is 49.2 Å². The predicted octanol–water partition coefficient (Wildman–Crippen LogP) is 2.37. The lowest BCUT2D eigenvalue weighted by Crippen LogP contribution is -2.22. The Labute approximate surface area is 104 Å². The van der Waals surface area contributed by atoms with Crippen LogP contribution >= 0.6 is 15.9 Å². The third kappa shape index (κ3) is 3.03. The van der Waals surface area contributed by atoms with Crippen molar-refractivity contribution < 1.29 is 4.39 Å². The van der Waals surface area contributed by atoms with E-state index in [1.807, 2.05) is 6.07 Å². The van der Waals surface area contributed by atoms with Crippen molar-refractivity contribution in [3.8, 4) is 0 Å². The van der Waals surface area contributed by atoms with Crippen molar-refractivity contribution in [3.05, 3.63) is 34.1 Å². The SMILES string of the molecule is NCC1CCN(Cc2cc(F)cc(Br)c2)C1. The Morgan fingerprint density at radius 1 is 1.44 bits per heavy atom. The summed E-state index contributed by atoms with van der Waals surface area (Å²) in [6, 6.07) is 5.05. The quantitative estimate of drug-likeness (QED) is 0.924. The number of nitrogens with two attached hydrogens (primary N) is 1. The van der Waals surface area contributed by atoms with Crippen LogP contribution in [0.3, 0.4) is 0 Å². The van der Waals surface area contributed by atoms with Gasteiger partial charge in [0.25, 0.3) is 0 Å². The fourth-order valence-electron chi connectivity index (χ4n) is 2.21. The first-order chi connectivity index (χ1) is 7.67. The van der Waals surface area contributed by atoms with Crippen LogP contribution in [0.4, 0.5) is 4.39 Å². The van der Waals surface area contributed by atoms with Gasteiger partial charge in [0.15, 0.2) is 0 Å². The maximum atomic E-state index is 13.2. The van der Waals surface area contributed by atoms with E-state index in [0.29, 0.717) is 5.92 Å². The zero-order chi connectivity index (χ0) is 11.5. The Hall–Kier alpha value is -0.450. The standard InChI is InChI=1S/C12H16BrFN2/c13-11-3-10(4-12(14)5-11)8-16-2-1-9(6-15)7-16/h3-5,9H,1-2,6-8,15H2. The van der Waals surface area contributed by atoms with Crippen LogP contribution in [-0.4, -0.2) is 24.5 Å². The molecule has 88 valence electrons. The Morgan fingerprint density at radius 2 is 2.25 bits per heavy atom. The Bertz CT molecular complexity index is 350. The first-order valence-corrected chi connectivity index (χ1v) is 6.34. The van der Waals surface area contributed by atoms with E-state index in [-0.39, 0.29) is 5.82 Å². The monoisotopic (exact) mass is 286 g/mol. The fourth-order valence-corrected chi connectivity index (χ4v) is 2.72. The molecule has 16 heavy (non-hydrogen) atoms. The van der Waals surface area contributed by atoms with E-state index in [2.05, 4.69) is 20.8 Å². The van der Waals surface area contributed by atoms with Crippen molar-refractivity contribution in [2.45, 2.75) is 13.0 Å². The second-order valence-corrected chi connectivity index (χ2v) is 5.32. The molecule has 1 fully saturated rings. The number of likely N-dealkylation sites (tertiary alicyclic amines) is 1. The molecule has 0 amide bonds. The molecule has 0 saturated carbocycles. The van der Waals surface area contributed by atoms with Crippen LogP contribution in [0.15, 0.2) is 22.7 Å². The second kappa shape index (κ2) is 5.25. The predicted molar refractivity (Wildman–Crippen MR) is 66.5 cm³/mol. The molecule has 2 rings (SSSR count). The van der Waals surface area contributed by atoms with Crippen LogP contribution < -0.4 is 5.73 Å². The summed E-state index contributed by atoms with van der Waals surface area (Å²) in [6.45, 7) is 3.66. The first kappa shape index (κ1) is 12.0. The number of nitrogens with zero attached hydrogens (tertiary/aromatic N) is 1. The average molecular weight is 287 g/mol. The fraction of sp³-hybridized carbons (Fsp3) is 0.500. The van der Waals surface area contributed by atoms with Gasteiger partial charge in [-0.1, -0.05) is 15.9 Å². The van der Waals surface area contributed by atoms with Gasteiger partial charge in [-0.3, -0.25) is 4.90 Å². The molecule has 1 aromatic carbocycles. The molecule has 4 heteroatoms. The summed E-state index contributed by atoms with van der Waals surface area (Å²) in [4.78, 5) is 2.33. The third-order valence-electron chi connectivity index (χ3n) is 3.03. The highest BCUT2D eigenvalue weighted by atomic mass is 79.9. The second-order valence-electron chi connectivity index (χ2n) is 4.40. The molecule has 0 aliphatic carbocycles. The van der Waals surface area contributed by atoms with Crippen molar-refractivity contribution in [2.75, 3.05) is 19.6 Å². The molecule has 0 aromatic heterocycles. The normalized spacial score (nSPS) is 21.6. The zero-order valence-electron chi connectivity index (χ0n) is 9.13. The summed E-state index contributed by atoms with van der Waals surface area (Å²) in [7, 11) is 0. The number of benzene rings is 1. The lowest BCUT2D eigenvalue weighted by atomic mass is 10.1. The molecule has 1 aliphatic heterocycles. The zero-order valence-corrected chi connectivity index (χ0v) is 10.7. The third-order valence-corrected chi connectivity index (χ3v) is 3.49. The van der Waals surface area contributed by atoms with Gasteiger partial charge in [-0.15, -0.1) is 0 Å². The molecule has 1 aliphatic rings. The maximum absolute atomic E-state index is 13.2. The summed E-state index contributed by atoms with van der Waals surface area (Å²) < 4.78 is 14.0. The Morgan fingerprint density at radius 3 is 2.88 bits per heavy atom. The van der Waals surface area contributed by atoms with E-state index in [1.165, 1.54) is 6.07 Å². The lowest BCUT2D eigenvalue weighted by Gasteiger charge is -2.15. The molecule has 0 spiro atoms. The van der Waals surface area contributed by atoms with Crippen LogP contribution in [-0.2, 0) is 6.54 Å². The minimum atomic E-state index is -0.182. The van der Waals surface area contributed by atoms with Gasteiger partial charge in [0.05, 0.1) is 0 Å². The van der Waals surface area contributed by atoms with E-state index < -0.39 is 0 Å². The van der Waals surface area contributed by atoms with Crippen LogP contribution in [0.2, 0.25) is 0 Å². The van der Waals surface area contributed by atoms with Crippen LogP contribution in [0.5, 0.6) is 0 Å². The minimum Gasteiger partial charge on any atom is -0.330 e. The van der Waals surface area contributed by atoms with Crippen molar-refractivity contribution in [3.63, 3.8) is 0 Å². The van der Waals surface area contributed by atoms with Gasteiger partial charge < -0.3 is 5.73 Å². The molecule has 2 nitrogen and oxygen atoms in total. The van der Waals surface area contributed by atoms with Gasteiger partial charge in [0.1, 0.15) is 5.82 Å². The molecular weight excluding hydrogens is 271 g/mol. The highest BCUT2D eigenvalue weighted by molar-refractivity contribution is 9.10. The molecule has 1 heterocycles. The number of hydrogen-bond acceptors (Lipinski definition) is 2. The Balaban J connectivity index is 1.99. The van der Waals surface area contributed by atoms with Crippen molar-refractivity contribution >= 4 is 15.9 Å². The van der Waals surface area contributed by atoms with Crippen molar-refractivity contribution in [1.29, 1.82) is 0 Å². The number of rotatable bonds is 3. The van der Waals surface area contributed by atoms with Gasteiger partial charge in [-0.25, -0.2) is 4.39 Å². The highest BCUT2D eigenvalue weighted by Gasteiger charge is 2.21. The molecule has 1 saturated heterocycles. The van der Waals surface area contributed by atoms with Crippen LogP contribution in [0.1, 0.15) is 12.0 Å². The van der Waals surface area contributed by atoms with E-state index in [9.17, 15) is 4.39 Å². The minimum absolute atomic E-state index is 0.182. The smallest absolute Gasteiger partial charge is 0.124 e. The van der Waals surface area contributed by atoms with E-state index in [0.717, 1.165) is 42.6 Å². The molecular formula is C12H16BrFN2. The molecule has 0 bridgehead atoms. The number of halogens is 2. The van der Waals surface area contributed by atoms with Gasteiger partial charge in [0.2, 0.25) is 0 Å². The molecule has 0 radical (unpaired) electrons. The summed E-state index contributed by atoms with van der Waals surface area (Å²) in [5.41, 5.74) is 6.66. The van der Waals surface area contributed by atoms with Gasteiger partial charge in [-0.2, -0.15) is 0 Å². The van der Waals surface area contributed by atoms with Gasteiger partial charge in [0, 0.05) is 17.6 Å². The number of hydrogen-bond donors (Lipinski definition) is 1. The largest absolute Gasteiger partial charge is 0.330 e. The van der Waals surface area contributed by atoms with Crippen LogP contribution in [0.25, 0.3) is 0 Å². The highest BCUT2D eigenvalue weighted by Crippen LogP contribution is 2.20. The summed E-state index contributed by atoms with van der Waals surface area (Å²) >= 11 is 3.31. The van der Waals surface area contributed by atoms with E-state index in [1.54, 1.807) is 6.07 Å². The molecule has 1 aromatic rings. The summed E-state index contributed by atoms with van der Waals surface area (Å²) in [6.07, 6.45) is 1.16. The van der Waals surface area contributed by atoms with Crippen molar-refractivity contribution in [1.82, 2.24) is 4.90 Å². The van der Waals surface area contributed by atoms with E-state index in [4.69, 9.17) is 5.73 Å². The summed E-state index contributed by atoms with van der Waals surface area (Å²) in [5.74, 6) is 0.427. The van der Waals surface area contributed by atoms with Crippen LogP contribution in [0, 0.1) is 11.7 Å². The Kier molecular flexibility index (Phi) is 3.95. The van der Waals surface area contributed by atoms with E-state index >= 15 is 0 Å². The topological polar surface area (TPSA) is 29.3 Å². The first-order valence-electron chi connectivity index (χ1n) is 5.55.